The molecule has 1 aliphatic rings. The third-order valence-electron chi connectivity index (χ3n) is 5.35. The first-order valence-electron chi connectivity index (χ1n) is 9.92. The Morgan fingerprint density at radius 3 is 2.59 bits per heavy atom. The second kappa shape index (κ2) is 8.54. The molecule has 1 fully saturated rings. The van der Waals surface area contributed by atoms with Crippen LogP contribution in [0.5, 0.6) is 0 Å². The predicted octanol–water partition coefficient (Wildman–Crippen LogP) is 5.94. The smallest absolute Gasteiger partial charge is 0.257 e. The lowest BCUT2D eigenvalue weighted by atomic mass is 10.0. The molecule has 1 atom stereocenters. The van der Waals surface area contributed by atoms with Gasteiger partial charge in [-0.1, -0.05) is 47.5 Å². The van der Waals surface area contributed by atoms with Crippen molar-refractivity contribution in [3.05, 3.63) is 88.5 Å². The number of anilines is 2. The molecule has 4 aromatic rings. The van der Waals surface area contributed by atoms with Crippen molar-refractivity contribution in [1.29, 1.82) is 0 Å². The minimum atomic E-state index is -1.02. The fourth-order valence-electron chi connectivity index (χ4n) is 3.66. The predicted molar refractivity (Wildman–Crippen MR) is 132 cm³/mol. The van der Waals surface area contributed by atoms with Gasteiger partial charge in [-0.15, -0.1) is 0 Å². The van der Waals surface area contributed by atoms with E-state index in [0.717, 1.165) is 27.7 Å². The monoisotopic (exact) mass is 481 g/mol. The van der Waals surface area contributed by atoms with Crippen LogP contribution in [0.15, 0.2) is 72.9 Å². The molecule has 1 N–H and O–H groups in total. The van der Waals surface area contributed by atoms with Gasteiger partial charge in [0.15, 0.2) is 0 Å². The first-order valence-corrected chi connectivity index (χ1v) is 11.9. The number of carbonyl (C=O) groups excluding carboxylic acids is 1. The summed E-state index contributed by atoms with van der Waals surface area (Å²) in [6.07, 6.45) is 1.74. The standard InChI is InChI=1S/C24H17Cl2N3O2S/c25-21-8-5-16(13-20(21)23-18-4-2-1-3-15(18)9-10-27-23)28-24(30)19-7-6-17(14-22(19)26)29-11-12-32(29)31/h1-10,13-14H,11-12H2,(H,28,30). The van der Waals surface area contributed by atoms with Crippen LogP contribution in [-0.2, 0) is 11.0 Å². The van der Waals surface area contributed by atoms with Crippen LogP contribution >= 0.6 is 23.2 Å². The van der Waals surface area contributed by atoms with E-state index in [1.165, 1.54) is 0 Å². The van der Waals surface area contributed by atoms with E-state index in [-0.39, 0.29) is 5.91 Å². The molecule has 8 heteroatoms. The fourth-order valence-corrected chi connectivity index (χ4v) is 4.99. The molecule has 0 aliphatic carbocycles. The van der Waals surface area contributed by atoms with Gasteiger partial charge in [0.1, 0.15) is 11.0 Å². The zero-order valence-corrected chi connectivity index (χ0v) is 19.0. The number of halogens is 2. The van der Waals surface area contributed by atoms with Gasteiger partial charge in [0.2, 0.25) is 0 Å². The highest BCUT2D eigenvalue weighted by Gasteiger charge is 2.25. The van der Waals surface area contributed by atoms with Crippen molar-refractivity contribution in [3.8, 4) is 11.3 Å². The molecule has 0 saturated carbocycles. The van der Waals surface area contributed by atoms with Crippen molar-refractivity contribution in [1.82, 2.24) is 4.98 Å². The topological polar surface area (TPSA) is 62.3 Å². The summed E-state index contributed by atoms with van der Waals surface area (Å²) in [5.74, 6) is 0.301. The molecule has 160 valence electrons. The van der Waals surface area contributed by atoms with Crippen molar-refractivity contribution in [2.45, 2.75) is 0 Å². The quantitative estimate of drug-likeness (QED) is 0.391. The van der Waals surface area contributed by atoms with Gasteiger partial charge in [0.05, 0.1) is 32.7 Å². The van der Waals surface area contributed by atoms with Crippen LogP contribution in [0.25, 0.3) is 22.0 Å². The Hall–Kier alpha value is -2.93. The SMILES string of the molecule is O=C(Nc1ccc(Cl)c(-c2nccc3ccccc23)c1)c1ccc(N2CCS2=O)cc1Cl. The number of aromatic nitrogens is 1. The number of nitrogens with one attached hydrogen (secondary N) is 1. The molecule has 32 heavy (non-hydrogen) atoms. The lowest BCUT2D eigenvalue weighted by Crippen LogP contribution is -2.42. The van der Waals surface area contributed by atoms with Crippen LogP contribution in [-0.4, -0.2) is 27.4 Å². The van der Waals surface area contributed by atoms with Crippen LogP contribution in [0.1, 0.15) is 10.4 Å². The van der Waals surface area contributed by atoms with Gasteiger partial charge in [-0.05, 0) is 47.9 Å². The van der Waals surface area contributed by atoms with Gasteiger partial charge in [0.25, 0.3) is 5.91 Å². The van der Waals surface area contributed by atoms with Gasteiger partial charge in [-0.3, -0.25) is 14.1 Å². The van der Waals surface area contributed by atoms with Crippen LogP contribution in [0.4, 0.5) is 11.4 Å². The number of nitrogens with zero attached hydrogens (tertiary/aromatic N) is 2. The molecule has 5 rings (SSSR count). The Balaban J connectivity index is 1.44. The number of amides is 1. The summed E-state index contributed by atoms with van der Waals surface area (Å²) in [4.78, 5) is 17.4. The highest BCUT2D eigenvalue weighted by Crippen LogP contribution is 2.34. The highest BCUT2D eigenvalue weighted by atomic mass is 35.5. The zero-order chi connectivity index (χ0) is 22.2. The minimum absolute atomic E-state index is 0.300. The van der Waals surface area contributed by atoms with Crippen molar-refractivity contribution >= 4 is 62.2 Å². The molecule has 5 nitrogen and oxygen atoms in total. The Morgan fingerprint density at radius 2 is 1.84 bits per heavy atom. The largest absolute Gasteiger partial charge is 0.322 e. The van der Waals surface area contributed by atoms with Crippen LogP contribution in [0, 0.1) is 0 Å². The highest BCUT2D eigenvalue weighted by molar-refractivity contribution is 7.88. The Morgan fingerprint density at radius 1 is 1.00 bits per heavy atom. The molecule has 0 radical (unpaired) electrons. The molecule has 1 amide bonds. The van der Waals surface area contributed by atoms with Crippen molar-refractivity contribution < 1.29 is 9.00 Å². The Kier molecular flexibility index (Phi) is 5.59. The molecule has 2 heterocycles. The number of fused-ring (bicyclic) bond motifs is 1. The first-order chi connectivity index (χ1) is 15.5. The molecular formula is C24H17Cl2N3O2S. The van der Waals surface area contributed by atoms with E-state index in [1.807, 2.05) is 30.3 Å². The average Bonchev–Trinajstić information content (AvgIpc) is 2.79. The van der Waals surface area contributed by atoms with Gasteiger partial charge >= 0.3 is 0 Å². The zero-order valence-electron chi connectivity index (χ0n) is 16.7. The third kappa shape index (κ3) is 3.86. The van der Waals surface area contributed by atoms with Gasteiger partial charge in [-0.25, -0.2) is 4.21 Å². The van der Waals surface area contributed by atoms with Crippen molar-refractivity contribution in [2.75, 3.05) is 21.9 Å². The molecule has 1 aromatic heterocycles. The number of hydrogen-bond acceptors (Lipinski definition) is 3. The number of hydrogen-bond donors (Lipinski definition) is 1. The summed E-state index contributed by atoms with van der Waals surface area (Å²) in [6.45, 7) is 0.713. The molecule has 0 bridgehead atoms. The van der Waals surface area contributed by atoms with Crippen molar-refractivity contribution in [2.24, 2.45) is 0 Å². The average molecular weight is 482 g/mol. The summed E-state index contributed by atoms with van der Waals surface area (Å²) in [6, 6.07) is 20.2. The maximum absolute atomic E-state index is 12.9. The number of carbonyl (C=O) groups is 1. The Labute approximate surface area is 197 Å². The van der Waals surface area contributed by atoms with Gasteiger partial charge in [0, 0.05) is 29.4 Å². The molecule has 0 spiro atoms. The van der Waals surface area contributed by atoms with Gasteiger partial charge in [-0.2, -0.15) is 0 Å². The van der Waals surface area contributed by atoms with Crippen LogP contribution in [0.3, 0.4) is 0 Å². The summed E-state index contributed by atoms with van der Waals surface area (Å²) in [5, 5.41) is 5.75. The summed E-state index contributed by atoms with van der Waals surface area (Å²) in [5.41, 5.74) is 3.12. The lowest BCUT2D eigenvalue weighted by Gasteiger charge is -2.31. The van der Waals surface area contributed by atoms with E-state index in [4.69, 9.17) is 23.2 Å². The van der Waals surface area contributed by atoms with E-state index in [2.05, 4.69) is 10.3 Å². The number of rotatable bonds is 4. The van der Waals surface area contributed by atoms with Crippen LogP contribution in [0.2, 0.25) is 10.0 Å². The van der Waals surface area contributed by atoms with E-state index in [0.29, 0.717) is 33.6 Å². The second-order valence-electron chi connectivity index (χ2n) is 7.32. The third-order valence-corrected chi connectivity index (χ3v) is 7.41. The molecule has 1 saturated heterocycles. The maximum Gasteiger partial charge on any atom is 0.257 e. The Bertz CT molecular complexity index is 1390. The fraction of sp³-hybridized carbons (Fsp3) is 0.0833. The molecule has 3 aromatic carbocycles. The molecule has 1 unspecified atom stereocenters. The number of benzene rings is 3. The van der Waals surface area contributed by atoms with Crippen molar-refractivity contribution in [3.63, 3.8) is 0 Å². The number of pyridine rings is 1. The van der Waals surface area contributed by atoms with Crippen LogP contribution < -0.4 is 9.62 Å². The van der Waals surface area contributed by atoms with Gasteiger partial charge < -0.3 is 5.32 Å². The summed E-state index contributed by atoms with van der Waals surface area (Å²) >= 11 is 12.8. The summed E-state index contributed by atoms with van der Waals surface area (Å²) in [7, 11) is -1.02. The molecule has 1 aliphatic heterocycles. The van der Waals surface area contributed by atoms with E-state index >= 15 is 0 Å². The molecular weight excluding hydrogens is 465 g/mol. The minimum Gasteiger partial charge on any atom is -0.322 e. The summed E-state index contributed by atoms with van der Waals surface area (Å²) < 4.78 is 13.5. The van der Waals surface area contributed by atoms with E-state index < -0.39 is 11.0 Å². The normalized spacial score (nSPS) is 15.4. The van der Waals surface area contributed by atoms with E-state index in [1.54, 1.807) is 46.9 Å². The van der Waals surface area contributed by atoms with E-state index in [9.17, 15) is 9.00 Å². The lowest BCUT2D eigenvalue weighted by molar-refractivity contribution is 0.102. The maximum atomic E-state index is 12.9. The second-order valence-corrected chi connectivity index (χ2v) is 9.63. The first kappa shape index (κ1) is 20.9.